The highest BCUT2D eigenvalue weighted by molar-refractivity contribution is 5.75. The molecule has 0 saturated heterocycles. The van der Waals surface area contributed by atoms with Crippen LogP contribution < -0.4 is 0 Å². The van der Waals surface area contributed by atoms with Crippen molar-refractivity contribution in [2.24, 2.45) is 5.41 Å². The summed E-state index contributed by atoms with van der Waals surface area (Å²) in [5, 5.41) is 0. The van der Waals surface area contributed by atoms with E-state index in [0.717, 1.165) is 12.8 Å². The summed E-state index contributed by atoms with van der Waals surface area (Å²) in [6.45, 7) is 4.00. The standard InChI is InChI=1S/C12H22O/c1-3-12(10-7-11(2)13)8-5-4-6-9-12/h3-10H2,1-2H3. The molecule has 0 spiro atoms. The molecule has 1 nitrogen and oxygen atoms in total. The SMILES string of the molecule is CCC1(CCC(C)=O)CCCCC1. The third-order valence-corrected chi connectivity index (χ3v) is 3.67. The maximum Gasteiger partial charge on any atom is 0.129 e. The van der Waals surface area contributed by atoms with Crippen LogP contribution in [-0.4, -0.2) is 5.78 Å². The number of carbonyl (C=O) groups excluding carboxylic acids is 1. The van der Waals surface area contributed by atoms with E-state index in [0.29, 0.717) is 11.2 Å². The summed E-state index contributed by atoms with van der Waals surface area (Å²) in [6, 6.07) is 0. The Labute approximate surface area is 81.9 Å². The van der Waals surface area contributed by atoms with E-state index in [-0.39, 0.29) is 0 Å². The largest absolute Gasteiger partial charge is 0.300 e. The van der Waals surface area contributed by atoms with Crippen molar-refractivity contribution in [1.82, 2.24) is 0 Å². The van der Waals surface area contributed by atoms with Gasteiger partial charge < -0.3 is 4.79 Å². The Bertz CT molecular complexity index is 166. The quantitative estimate of drug-likeness (QED) is 0.647. The molecule has 0 aromatic carbocycles. The highest BCUT2D eigenvalue weighted by atomic mass is 16.1. The van der Waals surface area contributed by atoms with Crippen LogP contribution in [-0.2, 0) is 4.79 Å². The van der Waals surface area contributed by atoms with Crippen LogP contribution in [0.15, 0.2) is 0 Å². The topological polar surface area (TPSA) is 17.1 Å². The van der Waals surface area contributed by atoms with Gasteiger partial charge in [-0.2, -0.15) is 0 Å². The van der Waals surface area contributed by atoms with Crippen molar-refractivity contribution in [3.63, 3.8) is 0 Å². The predicted molar refractivity (Wildman–Crippen MR) is 55.7 cm³/mol. The molecule has 1 saturated carbocycles. The summed E-state index contributed by atoms with van der Waals surface area (Å²) in [4.78, 5) is 10.9. The van der Waals surface area contributed by atoms with Crippen LogP contribution in [0.4, 0.5) is 0 Å². The zero-order chi connectivity index (χ0) is 9.73. The molecule has 0 N–H and O–H groups in total. The Morgan fingerprint density at radius 1 is 1.23 bits per heavy atom. The van der Waals surface area contributed by atoms with E-state index in [1.165, 1.54) is 38.5 Å². The second-order valence-corrected chi connectivity index (χ2v) is 4.62. The van der Waals surface area contributed by atoms with Crippen molar-refractivity contribution >= 4 is 5.78 Å². The average Bonchev–Trinajstić information content (AvgIpc) is 2.16. The van der Waals surface area contributed by atoms with E-state index < -0.39 is 0 Å². The number of rotatable bonds is 4. The summed E-state index contributed by atoms with van der Waals surface area (Å²) in [7, 11) is 0. The van der Waals surface area contributed by atoms with Crippen LogP contribution >= 0.6 is 0 Å². The highest BCUT2D eigenvalue weighted by Gasteiger charge is 2.29. The first-order valence-electron chi connectivity index (χ1n) is 5.68. The number of carbonyl (C=O) groups is 1. The van der Waals surface area contributed by atoms with Gasteiger partial charge in [-0.25, -0.2) is 0 Å². The third-order valence-electron chi connectivity index (χ3n) is 3.67. The Kier molecular flexibility index (Phi) is 3.95. The lowest BCUT2D eigenvalue weighted by atomic mass is 9.69. The first-order chi connectivity index (χ1) is 6.18. The number of hydrogen-bond acceptors (Lipinski definition) is 1. The zero-order valence-corrected chi connectivity index (χ0v) is 9.07. The van der Waals surface area contributed by atoms with Gasteiger partial charge in [0.05, 0.1) is 0 Å². The van der Waals surface area contributed by atoms with Crippen LogP contribution in [0.5, 0.6) is 0 Å². The van der Waals surface area contributed by atoms with E-state index in [4.69, 9.17) is 0 Å². The maximum absolute atomic E-state index is 10.9. The van der Waals surface area contributed by atoms with Gasteiger partial charge in [0.25, 0.3) is 0 Å². The molecule has 1 fully saturated rings. The smallest absolute Gasteiger partial charge is 0.129 e. The number of hydrogen-bond donors (Lipinski definition) is 0. The Morgan fingerprint density at radius 3 is 2.31 bits per heavy atom. The molecule has 1 heteroatoms. The van der Waals surface area contributed by atoms with Crippen molar-refractivity contribution in [3.8, 4) is 0 Å². The average molecular weight is 182 g/mol. The minimum absolute atomic E-state index is 0.360. The van der Waals surface area contributed by atoms with Crippen LogP contribution in [0.25, 0.3) is 0 Å². The second-order valence-electron chi connectivity index (χ2n) is 4.62. The predicted octanol–water partition coefficient (Wildman–Crippen LogP) is 3.72. The Hall–Kier alpha value is -0.330. The van der Waals surface area contributed by atoms with Gasteiger partial charge in [0.15, 0.2) is 0 Å². The van der Waals surface area contributed by atoms with Gasteiger partial charge in [0.1, 0.15) is 5.78 Å². The van der Waals surface area contributed by atoms with E-state index in [9.17, 15) is 4.79 Å². The van der Waals surface area contributed by atoms with Gasteiger partial charge in [-0.15, -0.1) is 0 Å². The molecule has 1 aliphatic carbocycles. The molecular weight excluding hydrogens is 160 g/mol. The fourth-order valence-corrected chi connectivity index (χ4v) is 2.52. The van der Waals surface area contributed by atoms with E-state index in [2.05, 4.69) is 6.92 Å². The molecule has 0 aromatic heterocycles. The van der Waals surface area contributed by atoms with Gasteiger partial charge in [0.2, 0.25) is 0 Å². The first-order valence-corrected chi connectivity index (χ1v) is 5.68. The fourth-order valence-electron chi connectivity index (χ4n) is 2.52. The summed E-state index contributed by atoms with van der Waals surface area (Å²) in [5.74, 6) is 0.360. The lowest BCUT2D eigenvalue weighted by Gasteiger charge is -2.36. The Balaban J connectivity index is 2.42. The molecular formula is C12H22O. The molecule has 1 rings (SSSR count). The van der Waals surface area contributed by atoms with Crippen LogP contribution in [0.2, 0.25) is 0 Å². The molecule has 0 radical (unpaired) electrons. The molecule has 0 atom stereocenters. The van der Waals surface area contributed by atoms with E-state index in [1.807, 2.05) is 0 Å². The van der Waals surface area contributed by atoms with Crippen LogP contribution in [0.3, 0.4) is 0 Å². The van der Waals surface area contributed by atoms with Crippen molar-refractivity contribution in [2.75, 3.05) is 0 Å². The number of ketones is 1. The van der Waals surface area contributed by atoms with E-state index in [1.54, 1.807) is 6.92 Å². The van der Waals surface area contributed by atoms with Crippen molar-refractivity contribution in [3.05, 3.63) is 0 Å². The van der Waals surface area contributed by atoms with E-state index >= 15 is 0 Å². The van der Waals surface area contributed by atoms with Crippen LogP contribution in [0, 0.1) is 5.41 Å². The molecule has 13 heavy (non-hydrogen) atoms. The molecule has 0 aliphatic heterocycles. The van der Waals surface area contributed by atoms with Gasteiger partial charge in [0, 0.05) is 6.42 Å². The third kappa shape index (κ3) is 3.13. The lowest BCUT2D eigenvalue weighted by Crippen LogP contribution is -2.23. The zero-order valence-electron chi connectivity index (χ0n) is 9.07. The monoisotopic (exact) mass is 182 g/mol. The second kappa shape index (κ2) is 4.78. The first kappa shape index (κ1) is 10.7. The molecule has 0 heterocycles. The summed E-state index contributed by atoms with van der Waals surface area (Å²) in [6.07, 6.45) is 10.1. The maximum atomic E-state index is 10.9. The van der Waals surface area contributed by atoms with Gasteiger partial charge in [-0.05, 0) is 31.6 Å². The van der Waals surface area contributed by atoms with Crippen molar-refractivity contribution < 1.29 is 4.79 Å². The van der Waals surface area contributed by atoms with Gasteiger partial charge >= 0.3 is 0 Å². The summed E-state index contributed by atoms with van der Waals surface area (Å²) in [5.41, 5.74) is 0.532. The van der Waals surface area contributed by atoms with Crippen molar-refractivity contribution in [2.45, 2.75) is 65.2 Å². The minimum Gasteiger partial charge on any atom is -0.300 e. The minimum atomic E-state index is 0.360. The molecule has 0 aromatic rings. The molecule has 76 valence electrons. The van der Waals surface area contributed by atoms with Crippen LogP contribution in [0.1, 0.15) is 65.2 Å². The number of Topliss-reactive ketones (excluding diaryl/α,β-unsaturated/α-hetero) is 1. The lowest BCUT2D eigenvalue weighted by molar-refractivity contribution is -0.117. The van der Waals surface area contributed by atoms with Gasteiger partial charge in [-0.3, -0.25) is 0 Å². The highest BCUT2D eigenvalue weighted by Crippen LogP contribution is 2.42. The Morgan fingerprint density at radius 2 is 1.85 bits per heavy atom. The van der Waals surface area contributed by atoms with Gasteiger partial charge in [-0.1, -0.05) is 32.6 Å². The summed E-state index contributed by atoms with van der Waals surface area (Å²) < 4.78 is 0. The molecule has 0 bridgehead atoms. The van der Waals surface area contributed by atoms with Crippen molar-refractivity contribution in [1.29, 1.82) is 0 Å². The molecule has 0 unspecified atom stereocenters. The fraction of sp³-hybridized carbons (Fsp3) is 0.917. The molecule has 0 amide bonds. The summed E-state index contributed by atoms with van der Waals surface area (Å²) >= 11 is 0. The molecule has 1 aliphatic rings. The normalized spacial score (nSPS) is 21.4.